The van der Waals surface area contributed by atoms with Crippen LogP contribution in [-0.2, 0) is 4.74 Å². The average molecular weight is 492 g/mol. The zero-order valence-electron chi connectivity index (χ0n) is 17.3. The van der Waals surface area contributed by atoms with E-state index >= 15 is 0 Å². The molecule has 3 aromatic rings. The number of nitrogens with zero attached hydrogens (tertiary/aromatic N) is 4. The number of aromatic nitrogens is 3. The van der Waals surface area contributed by atoms with Crippen LogP contribution in [0.1, 0.15) is 17.3 Å². The molecule has 0 saturated carbocycles. The van der Waals surface area contributed by atoms with Crippen molar-refractivity contribution >= 4 is 52.4 Å². The number of halogens is 2. The van der Waals surface area contributed by atoms with Crippen LogP contribution in [0.3, 0.4) is 0 Å². The van der Waals surface area contributed by atoms with Crippen LogP contribution in [0.25, 0.3) is 11.3 Å². The molecule has 0 radical (unpaired) electrons. The number of anilines is 3. The fourth-order valence-electron chi connectivity index (χ4n) is 2.80. The second kappa shape index (κ2) is 10.7. The van der Waals surface area contributed by atoms with E-state index in [1.165, 1.54) is 18.3 Å². The lowest BCUT2D eigenvalue weighted by atomic mass is 10.1. The first-order chi connectivity index (χ1) is 15.8. The Hall–Kier alpha value is -3.70. The summed E-state index contributed by atoms with van der Waals surface area (Å²) in [6.07, 6.45) is 1.36. The van der Waals surface area contributed by atoms with E-state index in [2.05, 4.69) is 25.6 Å². The van der Waals surface area contributed by atoms with Crippen LogP contribution >= 0.6 is 23.2 Å². The summed E-state index contributed by atoms with van der Waals surface area (Å²) in [5.41, 5.74) is 6.28. The number of hydrogen-bond acceptors (Lipinski definition) is 10. The minimum absolute atomic E-state index is 0.162. The average Bonchev–Trinajstić information content (AvgIpc) is 2.76. The molecule has 172 valence electrons. The third-order valence-electron chi connectivity index (χ3n) is 4.28. The van der Waals surface area contributed by atoms with E-state index in [-0.39, 0.29) is 29.6 Å². The van der Waals surface area contributed by atoms with E-state index in [0.29, 0.717) is 40.2 Å². The maximum atomic E-state index is 12.4. The summed E-state index contributed by atoms with van der Waals surface area (Å²) in [5.74, 6) is -0.122. The standard InChI is InChI=1S/C20H19Cl2N7O4/c1-2-33-19(30)13-10-26-20(28-17(13)12-4-3-11(21)9-14(12)22)25-8-7-24-16-6-5-15(29(31)32)18(23)27-16/h3-6,9-10H,2,7-8H2,1H3,(H3,23,24,27)(H,25,26,28). The van der Waals surface area contributed by atoms with Gasteiger partial charge in [0.15, 0.2) is 0 Å². The molecule has 2 heterocycles. The van der Waals surface area contributed by atoms with Crippen LogP contribution in [0.4, 0.5) is 23.3 Å². The molecule has 3 rings (SSSR count). The number of carbonyl (C=O) groups is 1. The number of pyridine rings is 1. The smallest absolute Gasteiger partial charge is 0.341 e. The predicted molar refractivity (Wildman–Crippen MR) is 126 cm³/mol. The van der Waals surface area contributed by atoms with Gasteiger partial charge in [-0.05, 0) is 31.2 Å². The summed E-state index contributed by atoms with van der Waals surface area (Å²) in [7, 11) is 0. The monoisotopic (exact) mass is 491 g/mol. The lowest BCUT2D eigenvalue weighted by molar-refractivity contribution is -0.384. The van der Waals surface area contributed by atoms with Gasteiger partial charge in [-0.25, -0.2) is 19.7 Å². The Morgan fingerprint density at radius 3 is 2.61 bits per heavy atom. The Morgan fingerprint density at radius 2 is 1.94 bits per heavy atom. The van der Waals surface area contributed by atoms with E-state index in [1.807, 2.05) is 0 Å². The maximum Gasteiger partial charge on any atom is 0.341 e. The number of rotatable bonds is 9. The number of esters is 1. The van der Waals surface area contributed by atoms with Gasteiger partial charge < -0.3 is 21.1 Å². The van der Waals surface area contributed by atoms with Crippen molar-refractivity contribution in [2.75, 3.05) is 36.1 Å². The molecule has 33 heavy (non-hydrogen) atoms. The molecule has 0 saturated heterocycles. The van der Waals surface area contributed by atoms with Crippen LogP contribution in [0.5, 0.6) is 0 Å². The van der Waals surface area contributed by atoms with Crippen LogP contribution in [0.2, 0.25) is 10.0 Å². The van der Waals surface area contributed by atoms with E-state index in [0.717, 1.165) is 0 Å². The van der Waals surface area contributed by atoms with Gasteiger partial charge in [0.25, 0.3) is 0 Å². The molecule has 0 aliphatic rings. The topological polar surface area (TPSA) is 158 Å². The summed E-state index contributed by atoms with van der Waals surface area (Å²) >= 11 is 12.3. The summed E-state index contributed by atoms with van der Waals surface area (Å²) < 4.78 is 5.10. The van der Waals surface area contributed by atoms with Crippen molar-refractivity contribution in [3.63, 3.8) is 0 Å². The lowest BCUT2D eigenvalue weighted by Crippen LogP contribution is -2.17. The molecule has 2 aromatic heterocycles. The third-order valence-corrected chi connectivity index (χ3v) is 4.83. The molecule has 0 spiro atoms. The summed E-state index contributed by atoms with van der Waals surface area (Å²) in [5, 5.41) is 17.6. The Balaban J connectivity index is 1.74. The first-order valence-corrected chi connectivity index (χ1v) is 10.4. The largest absolute Gasteiger partial charge is 0.462 e. The molecule has 4 N–H and O–H groups in total. The quantitative estimate of drug-likeness (QED) is 0.172. The van der Waals surface area contributed by atoms with Crippen molar-refractivity contribution in [1.29, 1.82) is 0 Å². The maximum absolute atomic E-state index is 12.4. The highest BCUT2D eigenvalue weighted by Gasteiger charge is 2.19. The fourth-order valence-corrected chi connectivity index (χ4v) is 3.30. The molecule has 1 aromatic carbocycles. The van der Waals surface area contributed by atoms with Crippen molar-refractivity contribution < 1.29 is 14.5 Å². The van der Waals surface area contributed by atoms with Gasteiger partial charge in [-0.3, -0.25) is 10.1 Å². The van der Waals surface area contributed by atoms with Gasteiger partial charge in [0.1, 0.15) is 11.4 Å². The van der Waals surface area contributed by atoms with Crippen molar-refractivity contribution in [2.24, 2.45) is 0 Å². The molecule has 11 nitrogen and oxygen atoms in total. The molecule has 0 atom stereocenters. The number of nitrogens with one attached hydrogen (secondary N) is 2. The Bertz CT molecular complexity index is 1190. The van der Waals surface area contributed by atoms with Gasteiger partial charge >= 0.3 is 11.7 Å². The molecule has 0 aliphatic heterocycles. The van der Waals surface area contributed by atoms with E-state index in [9.17, 15) is 14.9 Å². The Labute approximate surface area is 198 Å². The SMILES string of the molecule is CCOC(=O)c1cnc(NCCNc2ccc([N+](=O)[O-])c(N)n2)nc1-c1ccc(Cl)cc1Cl. The molecule has 0 bridgehead atoms. The first kappa shape index (κ1) is 24.0. The molecule has 0 unspecified atom stereocenters. The second-order valence-corrected chi connectivity index (χ2v) is 7.36. The van der Waals surface area contributed by atoms with Gasteiger partial charge in [-0.1, -0.05) is 23.2 Å². The second-order valence-electron chi connectivity index (χ2n) is 6.51. The lowest BCUT2D eigenvalue weighted by Gasteiger charge is -2.12. The van der Waals surface area contributed by atoms with Gasteiger partial charge in [0.05, 0.1) is 22.2 Å². The zero-order valence-corrected chi connectivity index (χ0v) is 18.9. The van der Waals surface area contributed by atoms with Gasteiger partial charge in [0.2, 0.25) is 11.8 Å². The molecule has 13 heteroatoms. The van der Waals surface area contributed by atoms with E-state index < -0.39 is 10.9 Å². The number of nitrogen functional groups attached to an aromatic ring is 1. The van der Waals surface area contributed by atoms with Gasteiger partial charge in [-0.2, -0.15) is 0 Å². The zero-order chi connectivity index (χ0) is 24.0. The number of carbonyl (C=O) groups excluding carboxylic acids is 1. The van der Waals surface area contributed by atoms with Crippen molar-refractivity contribution in [3.05, 3.63) is 62.3 Å². The molecular formula is C20H19Cl2N7O4. The van der Waals surface area contributed by atoms with Crippen molar-refractivity contribution in [2.45, 2.75) is 6.92 Å². The van der Waals surface area contributed by atoms with Gasteiger partial charge in [-0.15, -0.1) is 0 Å². The minimum Gasteiger partial charge on any atom is -0.462 e. The number of benzene rings is 1. The highest BCUT2D eigenvalue weighted by molar-refractivity contribution is 6.36. The number of nitro groups is 1. The predicted octanol–water partition coefficient (Wildman–Crippen LogP) is 4.04. The summed E-state index contributed by atoms with van der Waals surface area (Å²) in [6.45, 7) is 2.64. The Kier molecular flexibility index (Phi) is 7.80. The number of ether oxygens (including phenoxy) is 1. The highest BCUT2D eigenvalue weighted by Crippen LogP contribution is 2.32. The molecule has 0 fully saturated rings. The first-order valence-electron chi connectivity index (χ1n) is 9.68. The highest BCUT2D eigenvalue weighted by atomic mass is 35.5. The normalized spacial score (nSPS) is 10.5. The molecular weight excluding hydrogens is 473 g/mol. The Morgan fingerprint density at radius 1 is 1.18 bits per heavy atom. The summed E-state index contributed by atoms with van der Waals surface area (Å²) in [4.78, 5) is 35.2. The van der Waals surface area contributed by atoms with Crippen LogP contribution in [-0.4, -0.2) is 45.5 Å². The summed E-state index contributed by atoms with van der Waals surface area (Å²) in [6, 6.07) is 7.58. The third kappa shape index (κ3) is 5.96. The van der Waals surface area contributed by atoms with Crippen LogP contribution in [0.15, 0.2) is 36.5 Å². The van der Waals surface area contributed by atoms with E-state index in [4.69, 9.17) is 33.7 Å². The van der Waals surface area contributed by atoms with Gasteiger partial charge in [0, 0.05) is 35.9 Å². The molecule has 0 amide bonds. The fraction of sp³-hybridized carbons (Fsp3) is 0.200. The molecule has 0 aliphatic carbocycles. The minimum atomic E-state index is -0.602. The number of hydrogen-bond donors (Lipinski definition) is 3. The number of nitrogens with two attached hydrogens (primary N) is 1. The van der Waals surface area contributed by atoms with Crippen molar-refractivity contribution in [3.8, 4) is 11.3 Å². The van der Waals surface area contributed by atoms with E-state index in [1.54, 1.807) is 25.1 Å². The van der Waals surface area contributed by atoms with Crippen LogP contribution < -0.4 is 16.4 Å². The van der Waals surface area contributed by atoms with Crippen LogP contribution in [0, 0.1) is 10.1 Å². The van der Waals surface area contributed by atoms with Crippen molar-refractivity contribution in [1.82, 2.24) is 15.0 Å².